The van der Waals surface area contributed by atoms with Crippen molar-refractivity contribution in [3.05, 3.63) is 34.3 Å². The molecule has 0 saturated heterocycles. The van der Waals surface area contributed by atoms with Gasteiger partial charge in [-0.2, -0.15) is 11.8 Å². The maximum Gasteiger partial charge on any atom is 0.0295 e. The lowest BCUT2D eigenvalue weighted by Gasteiger charge is -2.22. The van der Waals surface area contributed by atoms with Crippen LogP contribution in [0.25, 0.3) is 0 Å². The topological polar surface area (TPSA) is 12.0 Å². The van der Waals surface area contributed by atoms with Gasteiger partial charge in [-0.1, -0.05) is 35.0 Å². The van der Waals surface area contributed by atoms with Crippen molar-refractivity contribution in [2.75, 3.05) is 12.0 Å². The Morgan fingerprint density at radius 3 is 2.75 bits per heavy atom. The smallest absolute Gasteiger partial charge is 0.0295 e. The van der Waals surface area contributed by atoms with Crippen LogP contribution >= 0.6 is 27.7 Å². The molecule has 16 heavy (non-hydrogen) atoms. The number of rotatable bonds is 6. The highest BCUT2D eigenvalue weighted by atomic mass is 79.9. The van der Waals surface area contributed by atoms with Gasteiger partial charge in [0.1, 0.15) is 0 Å². The Balaban J connectivity index is 2.60. The third-order valence-corrected chi connectivity index (χ3v) is 3.92. The third-order valence-electron chi connectivity index (χ3n) is 2.70. The molecule has 0 fully saturated rings. The number of thioether (sulfide) groups is 1. The van der Waals surface area contributed by atoms with Gasteiger partial charge in [-0.25, -0.2) is 0 Å². The lowest BCUT2D eigenvalue weighted by molar-refractivity contribution is 0.475. The first kappa shape index (κ1) is 14.1. The Labute approximate surface area is 112 Å². The molecule has 1 rings (SSSR count). The molecule has 3 heteroatoms. The Kier molecular flexibility index (Phi) is 6.47. The van der Waals surface area contributed by atoms with Gasteiger partial charge in [0.15, 0.2) is 0 Å². The number of benzene rings is 1. The summed E-state index contributed by atoms with van der Waals surface area (Å²) in [7, 11) is 0. The van der Waals surface area contributed by atoms with E-state index in [0.717, 1.165) is 4.47 Å². The van der Waals surface area contributed by atoms with Crippen molar-refractivity contribution < 1.29 is 0 Å². The molecular formula is C13H20BrNS. The molecule has 2 unspecified atom stereocenters. The number of hydrogen-bond donors (Lipinski definition) is 1. The quantitative estimate of drug-likeness (QED) is 0.843. The van der Waals surface area contributed by atoms with Gasteiger partial charge in [-0.05, 0) is 37.3 Å². The molecule has 1 aromatic rings. The highest BCUT2D eigenvalue weighted by Gasteiger charge is 2.11. The van der Waals surface area contributed by atoms with Crippen molar-refractivity contribution in [3.63, 3.8) is 0 Å². The van der Waals surface area contributed by atoms with Crippen molar-refractivity contribution in [1.82, 2.24) is 5.32 Å². The minimum Gasteiger partial charge on any atom is -0.307 e. The van der Waals surface area contributed by atoms with Gasteiger partial charge in [-0.3, -0.25) is 0 Å². The number of halogens is 1. The first-order chi connectivity index (χ1) is 7.67. The molecule has 0 aliphatic rings. The van der Waals surface area contributed by atoms with E-state index in [-0.39, 0.29) is 0 Å². The van der Waals surface area contributed by atoms with Gasteiger partial charge in [0.2, 0.25) is 0 Å². The fraction of sp³-hybridized carbons (Fsp3) is 0.538. The summed E-state index contributed by atoms with van der Waals surface area (Å²) < 4.78 is 1.15. The van der Waals surface area contributed by atoms with Gasteiger partial charge >= 0.3 is 0 Å². The van der Waals surface area contributed by atoms with Crippen LogP contribution in [0.15, 0.2) is 28.7 Å². The molecule has 0 radical (unpaired) electrons. The summed E-state index contributed by atoms with van der Waals surface area (Å²) in [5, 5.41) is 3.67. The summed E-state index contributed by atoms with van der Waals surface area (Å²) in [6.45, 7) is 4.46. The molecule has 0 aliphatic carbocycles. The van der Waals surface area contributed by atoms with Crippen LogP contribution in [0.2, 0.25) is 0 Å². The molecule has 1 nitrogen and oxygen atoms in total. The zero-order valence-corrected chi connectivity index (χ0v) is 12.6. The van der Waals surface area contributed by atoms with Gasteiger partial charge < -0.3 is 5.32 Å². The monoisotopic (exact) mass is 301 g/mol. The van der Waals surface area contributed by atoms with E-state index in [2.05, 4.69) is 65.6 Å². The Morgan fingerprint density at radius 2 is 2.19 bits per heavy atom. The molecule has 1 N–H and O–H groups in total. The van der Waals surface area contributed by atoms with Crippen molar-refractivity contribution >= 4 is 27.7 Å². The summed E-state index contributed by atoms with van der Waals surface area (Å²) in [5.41, 5.74) is 1.34. The zero-order chi connectivity index (χ0) is 12.0. The first-order valence-electron chi connectivity index (χ1n) is 5.67. The van der Waals surface area contributed by atoms with E-state index in [1.54, 1.807) is 0 Å². The number of nitrogens with one attached hydrogen (secondary N) is 1. The molecule has 0 heterocycles. The summed E-state index contributed by atoms with van der Waals surface area (Å²) in [6, 6.07) is 9.53. The van der Waals surface area contributed by atoms with Crippen LogP contribution in [0.3, 0.4) is 0 Å². The molecule has 0 bridgehead atoms. The second-order valence-electron chi connectivity index (χ2n) is 4.00. The van der Waals surface area contributed by atoms with E-state index in [4.69, 9.17) is 0 Å². The van der Waals surface area contributed by atoms with Gasteiger partial charge in [0.25, 0.3) is 0 Å². The Bertz CT molecular complexity index is 317. The molecule has 0 aliphatic heterocycles. The molecule has 0 aromatic heterocycles. The highest BCUT2D eigenvalue weighted by Crippen LogP contribution is 2.19. The van der Waals surface area contributed by atoms with Crippen LogP contribution in [-0.4, -0.2) is 18.1 Å². The average Bonchev–Trinajstić information content (AvgIpc) is 2.28. The first-order valence-corrected chi connectivity index (χ1v) is 7.86. The molecule has 0 saturated carbocycles. The van der Waals surface area contributed by atoms with Crippen LogP contribution in [0.5, 0.6) is 0 Å². The maximum atomic E-state index is 3.67. The van der Waals surface area contributed by atoms with Crippen LogP contribution in [-0.2, 0) is 0 Å². The largest absolute Gasteiger partial charge is 0.307 e. The van der Waals surface area contributed by atoms with Crippen molar-refractivity contribution in [2.24, 2.45) is 0 Å². The maximum absolute atomic E-state index is 3.67. The van der Waals surface area contributed by atoms with Crippen LogP contribution in [0, 0.1) is 0 Å². The summed E-state index contributed by atoms with van der Waals surface area (Å²) >= 11 is 5.42. The van der Waals surface area contributed by atoms with Crippen molar-refractivity contribution in [2.45, 2.75) is 32.4 Å². The van der Waals surface area contributed by atoms with Crippen LogP contribution in [0.4, 0.5) is 0 Å². The summed E-state index contributed by atoms with van der Waals surface area (Å²) in [4.78, 5) is 0. The predicted molar refractivity (Wildman–Crippen MR) is 78.2 cm³/mol. The molecule has 0 amide bonds. The lowest BCUT2D eigenvalue weighted by Crippen LogP contribution is -2.32. The van der Waals surface area contributed by atoms with E-state index in [0.29, 0.717) is 12.1 Å². The van der Waals surface area contributed by atoms with Crippen molar-refractivity contribution in [1.29, 1.82) is 0 Å². The third kappa shape index (κ3) is 4.48. The van der Waals surface area contributed by atoms with Gasteiger partial charge in [0, 0.05) is 22.3 Å². The molecule has 90 valence electrons. The van der Waals surface area contributed by atoms with Crippen LogP contribution < -0.4 is 5.32 Å². The van der Waals surface area contributed by atoms with Gasteiger partial charge in [-0.15, -0.1) is 0 Å². The van der Waals surface area contributed by atoms with Gasteiger partial charge in [0.05, 0.1) is 0 Å². The SMILES string of the molecule is CCC(CSC)NC(C)c1cccc(Br)c1. The van der Waals surface area contributed by atoms with E-state index >= 15 is 0 Å². The summed E-state index contributed by atoms with van der Waals surface area (Å²) in [5.74, 6) is 1.18. The van der Waals surface area contributed by atoms with E-state index in [1.165, 1.54) is 17.7 Å². The highest BCUT2D eigenvalue weighted by molar-refractivity contribution is 9.10. The predicted octanol–water partition coefficient (Wildman–Crippen LogP) is 4.24. The van der Waals surface area contributed by atoms with E-state index in [9.17, 15) is 0 Å². The molecule has 1 aromatic carbocycles. The minimum atomic E-state index is 0.412. The fourth-order valence-corrected chi connectivity index (χ4v) is 2.86. The summed E-state index contributed by atoms with van der Waals surface area (Å²) in [6.07, 6.45) is 3.34. The zero-order valence-electron chi connectivity index (χ0n) is 10.2. The minimum absolute atomic E-state index is 0.412. The Hall–Kier alpha value is 0.01000. The second kappa shape index (κ2) is 7.36. The molecule has 0 spiro atoms. The van der Waals surface area contributed by atoms with Crippen LogP contribution in [0.1, 0.15) is 31.9 Å². The fourth-order valence-electron chi connectivity index (χ4n) is 1.71. The average molecular weight is 302 g/mol. The molecule has 2 atom stereocenters. The molecular weight excluding hydrogens is 282 g/mol. The normalized spacial score (nSPS) is 14.8. The standard InChI is InChI=1S/C13H20BrNS/c1-4-13(9-16-3)15-10(2)11-6-5-7-12(14)8-11/h5-8,10,13,15H,4,9H2,1-3H3. The van der Waals surface area contributed by atoms with E-state index in [1.807, 2.05) is 11.8 Å². The lowest BCUT2D eigenvalue weighted by atomic mass is 10.1. The number of hydrogen-bond acceptors (Lipinski definition) is 2. The van der Waals surface area contributed by atoms with Crippen molar-refractivity contribution in [3.8, 4) is 0 Å². The van der Waals surface area contributed by atoms with E-state index < -0.39 is 0 Å². The Morgan fingerprint density at radius 1 is 1.44 bits per heavy atom. The second-order valence-corrected chi connectivity index (χ2v) is 5.83.